The van der Waals surface area contributed by atoms with Crippen molar-refractivity contribution in [2.45, 2.75) is 13.0 Å². The number of hydrogen-bond acceptors (Lipinski definition) is 4. The van der Waals surface area contributed by atoms with E-state index in [4.69, 9.17) is 21.1 Å². The van der Waals surface area contributed by atoms with Gasteiger partial charge >= 0.3 is 0 Å². The van der Waals surface area contributed by atoms with Gasteiger partial charge in [0.25, 0.3) is 5.91 Å². The summed E-state index contributed by atoms with van der Waals surface area (Å²) in [7, 11) is 0. The summed E-state index contributed by atoms with van der Waals surface area (Å²) in [6, 6.07) is 11.9. The standard InChI is InChI=1S/C20H21ClN2O3/c21-17-11-16(12-18-19(17)26-10-9-25-18)20(24)22-6-8-23-7-5-14-3-1-2-4-15(14)13-23/h1-4,11-12H,5-10,13H2,(H,22,24). The highest BCUT2D eigenvalue weighted by molar-refractivity contribution is 6.32. The summed E-state index contributed by atoms with van der Waals surface area (Å²) in [6.45, 7) is 4.29. The number of ether oxygens (including phenoxy) is 2. The monoisotopic (exact) mass is 372 g/mol. The van der Waals surface area contributed by atoms with E-state index in [1.165, 1.54) is 11.1 Å². The van der Waals surface area contributed by atoms with Crippen LogP contribution in [0, 0.1) is 0 Å². The van der Waals surface area contributed by atoms with Crippen LogP contribution in [0.3, 0.4) is 0 Å². The topological polar surface area (TPSA) is 50.8 Å². The Bertz CT molecular complexity index is 825. The van der Waals surface area contributed by atoms with Crippen molar-refractivity contribution in [3.05, 3.63) is 58.1 Å². The number of hydrogen-bond donors (Lipinski definition) is 1. The SMILES string of the molecule is O=C(NCCN1CCc2ccccc2C1)c1cc(Cl)c2c(c1)OCCO2. The summed E-state index contributed by atoms with van der Waals surface area (Å²) in [5, 5.41) is 3.37. The second kappa shape index (κ2) is 7.56. The second-order valence-corrected chi connectivity index (χ2v) is 6.94. The Hall–Kier alpha value is -2.24. The molecule has 0 radical (unpaired) electrons. The van der Waals surface area contributed by atoms with E-state index in [1.54, 1.807) is 12.1 Å². The van der Waals surface area contributed by atoms with Gasteiger partial charge in [-0.05, 0) is 29.7 Å². The first-order valence-corrected chi connectivity index (χ1v) is 9.25. The van der Waals surface area contributed by atoms with Crippen LogP contribution < -0.4 is 14.8 Å². The predicted octanol–water partition coefficient (Wildman–Crippen LogP) is 2.90. The second-order valence-electron chi connectivity index (χ2n) is 6.53. The normalized spacial score (nSPS) is 16.0. The summed E-state index contributed by atoms with van der Waals surface area (Å²) in [4.78, 5) is 14.8. The van der Waals surface area contributed by atoms with Gasteiger partial charge in [-0.2, -0.15) is 0 Å². The highest BCUT2D eigenvalue weighted by atomic mass is 35.5. The van der Waals surface area contributed by atoms with Gasteiger partial charge in [-0.15, -0.1) is 0 Å². The molecule has 1 amide bonds. The molecule has 26 heavy (non-hydrogen) atoms. The Morgan fingerprint density at radius 3 is 2.85 bits per heavy atom. The molecule has 0 saturated heterocycles. The van der Waals surface area contributed by atoms with Crippen LogP contribution in [-0.2, 0) is 13.0 Å². The minimum Gasteiger partial charge on any atom is -0.486 e. The highest BCUT2D eigenvalue weighted by Crippen LogP contribution is 2.38. The smallest absolute Gasteiger partial charge is 0.251 e. The van der Waals surface area contributed by atoms with E-state index in [1.807, 2.05) is 0 Å². The van der Waals surface area contributed by atoms with E-state index in [0.717, 1.165) is 26.1 Å². The molecule has 2 aromatic rings. The van der Waals surface area contributed by atoms with Crippen molar-refractivity contribution in [3.63, 3.8) is 0 Å². The maximum absolute atomic E-state index is 12.4. The van der Waals surface area contributed by atoms with Gasteiger partial charge in [-0.3, -0.25) is 9.69 Å². The third-order valence-corrected chi connectivity index (χ3v) is 5.06. The van der Waals surface area contributed by atoms with E-state index in [2.05, 4.69) is 34.5 Å². The predicted molar refractivity (Wildman–Crippen MR) is 100 cm³/mol. The fourth-order valence-electron chi connectivity index (χ4n) is 3.42. The van der Waals surface area contributed by atoms with Gasteiger partial charge in [0.2, 0.25) is 0 Å². The van der Waals surface area contributed by atoms with Crippen molar-refractivity contribution < 1.29 is 14.3 Å². The summed E-state index contributed by atoms with van der Waals surface area (Å²) in [5.41, 5.74) is 3.30. The number of rotatable bonds is 4. The van der Waals surface area contributed by atoms with Crippen LogP contribution in [-0.4, -0.2) is 43.7 Å². The molecule has 2 heterocycles. The molecule has 5 nitrogen and oxygen atoms in total. The Balaban J connectivity index is 1.33. The summed E-state index contributed by atoms with van der Waals surface area (Å²) < 4.78 is 11.0. The fraction of sp³-hybridized carbons (Fsp3) is 0.350. The zero-order valence-electron chi connectivity index (χ0n) is 14.5. The van der Waals surface area contributed by atoms with Gasteiger partial charge < -0.3 is 14.8 Å². The van der Waals surface area contributed by atoms with Crippen molar-refractivity contribution in [1.82, 2.24) is 10.2 Å². The van der Waals surface area contributed by atoms with Gasteiger partial charge in [-0.25, -0.2) is 0 Å². The molecule has 0 bridgehead atoms. The minimum absolute atomic E-state index is 0.152. The van der Waals surface area contributed by atoms with Gasteiger partial charge in [0.15, 0.2) is 11.5 Å². The third-order valence-electron chi connectivity index (χ3n) is 4.78. The van der Waals surface area contributed by atoms with Crippen LogP contribution in [0.15, 0.2) is 36.4 Å². The molecule has 0 saturated carbocycles. The lowest BCUT2D eigenvalue weighted by molar-refractivity contribution is 0.0946. The molecular formula is C20H21ClN2O3. The van der Waals surface area contributed by atoms with Crippen molar-refractivity contribution >= 4 is 17.5 Å². The largest absolute Gasteiger partial charge is 0.486 e. The van der Waals surface area contributed by atoms with Crippen molar-refractivity contribution in [3.8, 4) is 11.5 Å². The Morgan fingerprint density at radius 1 is 1.15 bits per heavy atom. The van der Waals surface area contributed by atoms with Crippen LogP contribution in [0.2, 0.25) is 5.02 Å². The average molecular weight is 373 g/mol. The van der Waals surface area contributed by atoms with E-state index >= 15 is 0 Å². The van der Waals surface area contributed by atoms with Gasteiger partial charge in [0, 0.05) is 31.7 Å². The summed E-state index contributed by atoms with van der Waals surface area (Å²) in [5.74, 6) is 0.893. The molecule has 0 aromatic heterocycles. The number of carbonyl (C=O) groups excluding carboxylic acids is 1. The van der Waals surface area contributed by atoms with Gasteiger partial charge in [0.1, 0.15) is 13.2 Å². The minimum atomic E-state index is -0.152. The Labute approximate surface area is 157 Å². The number of halogens is 1. The first kappa shape index (κ1) is 17.2. The molecular weight excluding hydrogens is 352 g/mol. The van der Waals surface area contributed by atoms with E-state index in [0.29, 0.717) is 41.8 Å². The number of carbonyl (C=O) groups is 1. The molecule has 0 unspecified atom stereocenters. The molecule has 2 aliphatic rings. The molecule has 0 fully saturated rings. The van der Waals surface area contributed by atoms with Crippen molar-refractivity contribution in [2.24, 2.45) is 0 Å². The summed E-state index contributed by atoms with van der Waals surface area (Å²) in [6.07, 6.45) is 1.06. The van der Waals surface area contributed by atoms with E-state index in [9.17, 15) is 4.79 Å². The fourth-order valence-corrected chi connectivity index (χ4v) is 3.68. The average Bonchev–Trinajstić information content (AvgIpc) is 2.68. The van der Waals surface area contributed by atoms with Crippen molar-refractivity contribution in [1.29, 1.82) is 0 Å². The van der Waals surface area contributed by atoms with Crippen molar-refractivity contribution in [2.75, 3.05) is 32.8 Å². The zero-order chi connectivity index (χ0) is 17.9. The number of nitrogens with zero attached hydrogens (tertiary/aromatic N) is 1. The highest BCUT2D eigenvalue weighted by Gasteiger charge is 2.20. The Morgan fingerprint density at radius 2 is 1.96 bits per heavy atom. The summed E-state index contributed by atoms with van der Waals surface area (Å²) >= 11 is 6.20. The van der Waals surface area contributed by atoms with Crippen LogP contribution in [0.4, 0.5) is 0 Å². The molecule has 0 atom stereocenters. The lowest BCUT2D eigenvalue weighted by Crippen LogP contribution is -2.37. The Kier molecular flexibility index (Phi) is 5.00. The van der Waals surface area contributed by atoms with Crippen LogP contribution in [0.5, 0.6) is 11.5 Å². The molecule has 4 rings (SSSR count). The third kappa shape index (κ3) is 3.64. The lowest BCUT2D eigenvalue weighted by atomic mass is 10.00. The first-order chi connectivity index (χ1) is 12.7. The lowest BCUT2D eigenvalue weighted by Gasteiger charge is -2.28. The maximum Gasteiger partial charge on any atom is 0.251 e. The number of fused-ring (bicyclic) bond motifs is 2. The van der Waals surface area contributed by atoms with Gasteiger partial charge in [-0.1, -0.05) is 35.9 Å². The quantitative estimate of drug-likeness (QED) is 0.896. The first-order valence-electron chi connectivity index (χ1n) is 8.87. The molecule has 1 N–H and O–H groups in total. The number of nitrogens with one attached hydrogen (secondary N) is 1. The molecule has 0 spiro atoms. The number of benzene rings is 2. The zero-order valence-corrected chi connectivity index (χ0v) is 15.2. The number of amides is 1. The molecule has 2 aromatic carbocycles. The van der Waals surface area contributed by atoms with E-state index in [-0.39, 0.29) is 5.91 Å². The van der Waals surface area contributed by atoms with Crippen LogP contribution in [0.1, 0.15) is 21.5 Å². The molecule has 136 valence electrons. The molecule has 6 heteroatoms. The van der Waals surface area contributed by atoms with Crippen LogP contribution in [0.25, 0.3) is 0 Å². The van der Waals surface area contributed by atoms with Gasteiger partial charge in [0.05, 0.1) is 5.02 Å². The molecule has 0 aliphatic carbocycles. The van der Waals surface area contributed by atoms with E-state index < -0.39 is 0 Å². The maximum atomic E-state index is 12.4. The molecule has 2 aliphatic heterocycles. The van der Waals surface area contributed by atoms with Crippen LogP contribution >= 0.6 is 11.6 Å².